The Morgan fingerprint density at radius 2 is 0.458 bits per heavy atom. The third-order valence-electron chi connectivity index (χ3n) is 6.12. The summed E-state index contributed by atoms with van der Waals surface area (Å²) in [6.07, 6.45) is 30.4. The van der Waals surface area contributed by atoms with Gasteiger partial charge in [-0.25, -0.2) is 0 Å². The van der Waals surface area contributed by atoms with E-state index in [2.05, 4.69) is 36.5 Å². The number of allylic oxidation sites excluding steroid dienone is 12. The monoisotopic (exact) mass is 318 g/mol. The highest BCUT2D eigenvalue weighted by Gasteiger charge is 2.15. The summed E-state index contributed by atoms with van der Waals surface area (Å²) < 4.78 is 0. The highest BCUT2D eigenvalue weighted by Crippen LogP contribution is 2.35. The Balaban J connectivity index is 1.79. The van der Waals surface area contributed by atoms with Crippen LogP contribution in [0, 0.1) is 0 Å². The van der Waals surface area contributed by atoms with Crippen LogP contribution in [-0.4, -0.2) is 0 Å². The molecule has 4 aliphatic rings. The summed E-state index contributed by atoms with van der Waals surface area (Å²) in [6.45, 7) is 0. The normalized spacial score (nSPS) is 38.0. The van der Waals surface area contributed by atoms with Gasteiger partial charge in [0.25, 0.3) is 0 Å². The fourth-order valence-electron chi connectivity index (χ4n) is 4.60. The Hall–Kier alpha value is -1.56. The van der Waals surface area contributed by atoms with Crippen LogP contribution in [-0.2, 0) is 0 Å². The Bertz CT molecular complexity index is 518. The lowest BCUT2D eigenvalue weighted by Crippen LogP contribution is -2.03. The van der Waals surface area contributed by atoms with Crippen molar-refractivity contribution in [3.8, 4) is 0 Å². The van der Waals surface area contributed by atoms with Gasteiger partial charge in [-0.3, -0.25) is 0 Å². The van der Waals surface area contributed by atoms with Gasteiger partial charge in [0.1, 0.15) is 0 Å². The van der Waals surface area contributed by atoms with Crippen molar-refractivity contribution < 1.29 is 0 Å². The zero-order chi connectivity index (χ0) is 16.2. The smallest absolute Gasteiger partial charge is 0.0276 e. The number of rotatable bonds is 0. The molecule has 0 atom stereocenters. The molecule has 0 amide bonds. The molecule has 3 fully saturated rings. The largest absolute Gasteiger partial charge is 0.0585 e. The maximum Gasteiger partial charge on any atom is -0.0276 e. The van der Waals surface area contributed by atoms with E-state index in [4.69, 9.17) is 0 Å². The molecule has 0 bridgehead atoms. The van der Waals surface area contributed by atoms with Crippen LogP contribution in [0.4, 0.5) is 0 Å². The minimum absolute atomic E-state index is 1.26. The fourth-order valence-corrected chi connectivity index (χ4v) is 4.60. The summed E-state index contributed by atoms with van der Waals surface area (Å²) in [4.78, 5) is 0. The van der Waals surface area contributed by atoms with Crippen LogP contribution in [0.5, 0.6) is 0 Å². The van der Waals surface area contributed by atoms with Crippen molar-refractivity contribution in [2.24, 2.45) is 0 Å². The zero-order valence-corrected chi connectivity index (χ0v) is 14.9. The van der Waals surface area contributed by atoms with E-state index in [9.17, 15) is 0 Å². The van der Waals surface area contributed by atoms with Crippen LogP contribution in [0.15, 0.2) is 69.9 Å². The van der Waals surface area contributed by atoms with Crippen LogP contribution in [0.3, 0.4) is 0 Å². The van der Waals surface area contributed by atoms with Crippen LogP contribution in [0.1, 0.15) is 77.0 Å². The van der Waals surface area contributed by atoms with E-state index in [0.29, 0.717) is 0 Å². The number of fused-ring (bicyclic) bond motifs is 3. The van der Waals surface area contributed by atoms with Crippen molar-refractivity contribution in [2.75, 3.05) is 0 Å². The van der Waals surface area contributed by atoms with Gasteiger partial charge in [-0.2, -0.15) is 0 Å². The van der Waals surface area contributed by atoms with Crippen molar-refractivity contribution >= 4 is 0 Å². The van der Waals surface area contributed by atoms with E-state index in [-0.39, 0.29) is 0 Å². The zero-order valence-electron chi connectivity index (χ0n) is 14.9. The van der Waals surface area contributed by atoms with E-state index >= 15 is 0 Å². The molecule has 0 spiro atoms. The van der Waals surface area contributed by atoms with E-state index in [1.54, 1.807) is 33.4 Å². The predicted octanol–water partition coefficient (Wildman–Crippen LogP) is 7.28. The van der Waals surface area contributed by atoms with Gasteiger partial charge >= 0.3 is 0 Å². The van der Waals surface area contributed by atoms with Crippen molar-refractivity contribution in [1.29, 1.82) is 0 Å². The molecule has 3 saturated carbocycles. The Labute approximate surface area is 147 Å². The second kappa shape index (κ2) is 7.55. The lowest BCUT2D eigenvalue weighted by atomic mass is 9.83. The van der Waals surface area contributed by atoms with Gasteiger partial charge in [0, 0.05) is 0 Å². The van der Waals surface area contributed by atoms with Gasteiger partial charge in [-0.05, 0) is 110 Å². The van der Waals surface area contributed by atoms with Crippen LogP contribution in [0.25, 0.3) is 0 Å². The lowest BCUT2D eigenvalue weighted by molar-refractivity contribution is 0.670. The van der Waals surface area contributed by atoms with Crippen LogP contribution >= 0.6 is 0 Å². The highest BCUT2D eigenvalue weighted by atomic mass is 14.2. The molecule has 0 unspecified atom stereocenters. The molecule has 0 saturated heterocycles. The Kier molecular flexibility index (Phi) is 5.02. The van der Waals surface area contributed by atoms with E-state index in [1.165, 1.54) is 77.0 Å². The van der Waals surface area contributed by atoms with Gasteiger partial charge in [-0.15, -0.1) is 0 Å². The molecule has 0 aromatic heterocycles. The van der Waals surface area contributed by atoms with Gasteiger partial charge in [-0.1, -0.05) is 36.5 Å². The fraction of sp³-hybridized carbons (Fsp3) is 0.500. The summed E-state index contributed by atoms with van der Waals surface area (Å²) in [6, 6.07) is 0. The first-order valence-electron chi connectivity index (χ1n) is 10.1. The second-order valence-electron chi connectivity index (χ2n) is 7.77. The molecule has 0 nitrogen and oxygen atoms in total. The third kappa shape index (κ3) is 3.58. The molecule has 0 heteroatoms. The summed E-state index contributed by atoms with van der Waals surface area (Å²) in [7, 11) is 0. The van der Waals surface area contributed by atoms with Crippen molar-refractivity contribution in [1.82, 2.24) is 0 Å². The molecular formula is C24H30. The molecule has 0 radical (unpaired) electrons. The van der Waals surface area contributed by atoms with Crippen LogP contribution in [0.2, 0.25) is 0 Å². The second-order valence-corrected chi connectivity index (χ2v) is 7.77. The van der Waals surface area contributed by atoms with E-state index in [0.717, 1.165) is 0 Å². The minimum Gasteiger partial charge on any atom is -0.0585 e. The average molecular weight is 319 g/mol. The molecule has 0 aromatic carbocycles. The topological polar surface area (TPSA) is 0 Å². The molecule has 4 aliphatic carbocycles. The maximum atomic E-state index is 2.45. The molecule has 0 heterocycles. The summed E-state index contributed by atoms with van der Waals surface area (Å²) in [5.41, 5.74) is 9.57. The average Bonchev–Trinajstić information content (AvgIpc) is 2.64. The van der Waals surface area contributed by atoms with Gasteiger partial charge < -0.3 is 0 Å². The predicted molar refractivity (Wildman–Crippen MR) is 104 cm³/mol. The first-order chi connectivity index (χ1) is 11.9. The molecule has 0 aromatic rings. The van der Waals surface area contributed by atoms with Gasteiger partial charge in [0.15, 0.2) is 0 Å². The van der Waals surface area contributed by atoms with Crippen molar-refractivity contribution in [2.45, 2.75) is 77.0 Å². The quantitative estimate of drug-likeness (QED) is 0.440. The minimum atomic E-state index is 1.26. The summed E-state index contributed by atoms with van der Waals surface area (Å²) >= 11 is 0. The molecule has 0 N–H and O–H groups in total. The molecule has 24 heavy (non-hydrogen) atoms. The molecule has 126 valence electrons. The van der Waals surface area contributed by atoms with Gasteiger partial charge in [0.05, 0.1) is 0 Å². The summed E-state index contributed by atoms with van der Waals surface area (Å²) in [5, 5.41) is 0. The van der Waals surface area contributed by atoms with Crippen molar-refractivity contribution in [3.05, 3.63) is 69.9 Å². The SMILES string of the molecule is C1=C2/CCCC/C2=C/C=C2\CCCC\C2=C\C=C2/CCCC/C2=C/1. The first-order valence-corrected chi connectivity index (χ1v) is 10.1. The third-order valence-corrected chi connectivity index (χ3v) is 6.12. The number of hydrogen-bond acceptors (Lipinski definition) is 0. The van der Waals surface area contributed by atoms with Gasteiger partial charge in [0.2, 0.25) is 0 Å². The van der Waals surface area contributed by atoms with E-state index in [1.807, 2.05) is 0 Å². The summed E-state index contributed by atoms with van der Waals surface area (Å²) in [5.74, 6) is 0. The standard InChI is InChI=1S/C24H30/c1-2-8-20-15-16-22-10-5-6-12-24(22)18-17-23-11-4-3-9-21(23)14-13-19(20)7-1/h13-18H,1-12H2/b14-13?,16-15?,18-17?,19-13-,20-15-,21-14-,22-16+,23-17+,24-18-. The maximum absolute atomic E-state index is 2.45. The highest BCUT2D eigenvalue weighted by molar-refractivity contribution is 5.47. The van der Waals surface area contributed by atoms with E-state index < -0.39 is 0 Å². The Morgan fingerprint density at radius 3 is 0.625 bits per heavy atom. The molecule has 4 rings (SSSR count). The molecular weight excluding hydrogens is 288 g/mol. The van der Waals surface area contributed by atoms with Crippen LogP contribution < -0.4 is 0 Å². The lowest BCUT2D eigenvalue weighted by Gasteiger charge is -2.22. The first kappa shape index (κ1) is 15.9. The number of hydrogen-bond donors (Lipinski definition) is 0. The molecule has 0 aliphatic heterocycles. The Morgan fingerprint density at radius 1 is 0.292 bits per heavy atom. The van der Waals surface area contributed by atoms with Crippen molar-refractivity contribution in [3.63, 3.8) is 0 Å².